The quantitative estimate of drug-likeness (QED) is 0.874. The summed E-state index contributed by atoms with van der Waals surface area (Å²) in [6, 6.07) is 2.05. The third kappa shape index (κ3) is 2.97. The Labute approximate surface area is 103 Å². The molecule has 0 spiro atoms. The lowest BCUT2D eigenvalue weighted by Gasteiger charge is -2.33. The maximum absolute atomic E-state index is 6.48. The van der Waals surface area contributed by atoms with Gasteiger partial charge in [0.2, 0.25) is 0 Å². The van der Waals surface area contributed by atoms with Crippen LogP contribution < -0.4 is 10.5 Å². The van der Waals surface area contributed by atoms with Gasteiger partial charge in [-0.3, -0.25) is 4.98 Å². The van der Waals surface area contributed by atoms with Gasteiger partial charge in [-0.05, 0) is 38.3 Å². The van der Waals surface area contributed by atoms with Crippen molar-refractivity contribution in [2.45, 2.75) is 57.6 Å². The first kappa shape index (κ1) is 12.4. The van der Waals surface area contributed by atoms with Crippen molar-refractivity contribution in [2.75, 3.05) is 0 Å². The van der Waals surface area contributed by atoms with E-state index < -0.39 is 0 Å². The van der Waals surface area contributed by atoms with Gasteiger partial charge in [-0.25, -0.2) is 0 Å². The van der Waals surface area contributed by atoms with Crippen LogP contribution in [0, 0.1) is 0 Å². The van der Waals surface area contributed by atoms with Gasteiger partial charge in [0.15, 0.2) is 0 Å². The molecule has 17 heavy (non-hydrogen) atoms. The average molecular weight is 234 g/mol. The molecule has 0 amide bonds. The molecule has 1 aliphatic carbocycles. The van der Waals surface area contributed by atoms with Gasteiger partial charge in [-0.1, -0.05) is 19.3 Å². The molecule has 0 atom stereocenters. The molecule has 1 aromatic heterocycles. The second kappa shape index (κ2) is 5.05. The summed E-state index contributed by atoms with van der Waals surface area (Å²) in [6.07, 6.45) is 9.66. The van der Waals surface area contributed by atoms with Gasteiger partial charge in [-0.15, -0.1) is 0 Å². The van der Waals surface area contributed by atoms with Crippen LogP contribution in [-0.4, -0.2) is 11.1 Å². The zero-order valence-corrected chi connectivity index (χ0v) is 10.8. The fourth-order valence-electron chi connectivity index (χ4n) is 2.50. The smallest absolute Gasteiger partial charge is 0.138 e. The Kier molecular flexibility index (Phi) is 3.67. The predicted molar refractivity (Wildman–Crippen MR) is 69.0 cm³/mol. The fraction of sp³-hybridized carbons (Fsp3) is 0.643. The van der Waals surface area contributed by atoms with Crippen LogP contribution in [0.1, 0.15) is 51.5 Å². The summed E-state index contributed by atoms with van der Waals surface area (Å²) in [6.45, 7) is 4.04. The molecule has 1 aliphatic rings. The fourth-order valence-corrected chi connectivity index (χ4v) is 2.50. The minimum absolute atomic E-state index is 0.173. The first-order valence-corrected chi connectivity index (χ1v) is 6.51. The molecule has 1 fully saturated rings. The van der Waals surface area contributed by atoms with Crippen LogP contribution in [0.4, 0.5) is 0 Å². The van der Waals surface area contributed by atoms with Crippen molar-refractivity contribution in [1.82, 2.24) is 4.98 Å². The minimum Gasteiger partial charge on any atom is -0.489 e. The van der Waals surface area contributed by atoms with E-state index >= 15 is 0 Å². The van der Waals surface area contributed by atoms with E-state index in [0.717, 1.165) is 24.2 Å². The van der Waals surface area contributed by atoms with Crippen LogP contribution in [0.3, 0.4) is 0 Å². The number of rotatable bonds is 3. The normalized spacial score (nSPS) is 19.3. The van der Waals surface area contributed by atoms with Gasteiger partial charge in [0.05, 0.1) is 12.3 Å². The Bertz CT molecular complexity index is 370. The molecule has 0 bridgehead atoms. The van der Waals surface area contributed by atoms with Crippen molar-refractivity contribution in [3.63, 3.8) is 0 Å². The molecule has 3 heteroatoms. The maximum Gasteiger partial charge on any atom is 0.138 e. The minimum atomic E-state index is -0.193. The largest absolute Gasteiger partial charge is 0.489 e. The summed E-state index contributed by atoms with van der Waals surface area (Å²) in [4.78, 5) is 4.25. The lowest BCUT2D eigenvalue weighted by molar-refractivity contribution is 0.239. The molecule has 1 saturated carbocycles. The predicted octanol–water partition coefficient (Wildman–Crippen LogP) is 2.99. The van der Waals surface area contributed by atoms with Crippen molar-refractivity contribution in [3.05, 3.63) is 24.0 Å². The van der Waals surface area contributed by atoms with Gasteiger partial charge in [0, 0.05) is 11.7 Å². The van der Waals surface area contributed by atoms with Crippen LogP contribution in [0.15, 0.2) is 18.5 Å². The Hall–Kier alpha value is -1.09. The van der Waals surface area contributed by atoms with Crippen LogP contribution in [0.2, 0.25) is 0 Å². The van der Waals surface area contributed by atoms with E-state index in [-0.39, 0.29) is 11.6 Å². The molecule has 2 rings (SSSR count). The molecular formula is C14H22N2O. The average Bonchev–Trinajstić information content (AvgIpc) is 2.29. The molecule has 94 valence electrons. The van der Waals surface area contributed by atoms with Crippen LogP contribution in [0.25, 0.3) is 0 Å². The summed E-state index contributed by atoms with van der Waals surface area (Å²) in [5, 5.41) is 0. The summed E-state index contributed by atoms with van der Waals surface area (Å²) in [5.41, 5.74) is 7.41. The molecular weight excluding hydrogens is 212 g/mol. The number of aromatic nitrogens is 1. The van der Waals surface area contributed by atoms with Crippen molar-refractivity contribution >= 4 is 0 Å². The monoisotopic (exact) mass is 234 g/mol. The Balaban J connectivity index is 2.19. The Morgan fingerprint density at radius 3 is 2.59 bits per heavy atom. The summed E-state index contributed by atoms with van der Waals surface area (Å²) in [7, 11) is 0. The standard InChI is InChI=1S/C14H22N2O/c1-11(2)17-13-8-12(9-16-10-13)14(15)6-4-3-5-7-14/h8-11H,3-7,15H2,1-2H3. The maximum atomic E-state index is 6.48. The summed E-state index contributed by atoms with van der Waals surface area (Å²) < 4.78 is 5.67. The highest BCUT2D eigenvalue weighted by atomic mass is 16.5. The van der Waals surface area contributed by atoms with Crippen molar-refractivity contribution in [3.8, 4) is 5.75 Å². The lowest BCUT2D eigenvalue weighted by Crippen LogP contribution is -2.38. The van der Waals surface area contributed by atoms with E-state index in [9.17, 15) is 0 Å². The molecule has 0 radical (unpaired) electrons. The van der Waals surface area contributed by atoms with Crippen molar-refractivity contribution < 1.29 is 4.74 Å². The van der Waals surface area contributed by atoms with Gasteiger partial charge >= 0.3 is 0 Å². The summed E-state index contributed by atoms with van der Waals surface area (Å²) in [5.74, 6) is 0.827. The number of nitrogens with two attached hydrogens (primary N) is 1. The molecule has 0 saturated heterocycles. The first-order chi connectivity index (χ1) is 8.10. The Morgan fingerprint density at radius 1 is 1.24 bits per heavy atom. The van der Waals surface area contributed by atoms with E-state index in [1.807, 2.05) is 20.0 Å². The number of ether oxygens (including phenoxy) is 1. The molecule has 0 aliphatic heterocycles. The number of pyridine rings is 1. The van der Waals surface area contributed by atoms with Gasteiger partial charge < -0.3 is 10.5 Å². The highest BCUT2D eigenvalue weighted by Gasteiger charge is 2.29. The molecule has 3 nitrogen and oxygen atoms in total. The van der Waals surface area contributed by atoms with Gasteiger partial charge in [0.25, 0.3) is 0 Å². The van der Waals surface area contributed by atoms with Gasteiger partial charge in [0.1, 0.15) is 5.75 Å². The number of hydrogen-bond donors (Lipinski definition) is 1. The molecule has 2 N–H and O–H groups in total. The highest BCUT2D eigenvalue weighted by molar-refractivity contribution is 5.29. The van der Waals surface area contributed by atoms with Crippen molar-refractivity contribution in [2.24, 2.45) is 5.73 Å². The first-order valence-electron chi connectivity index (χ1n) is 6.51. The number of hydrogen-bond acceptors (Lipinski definition) is 3. The van der Waals surface area contributed by atoms with E-state index in [4.69, 9.17) is 10.5 Å². The lowest BCUT2D eigenvalue weighted by atomic mass is 9.78. The van der Waals surface area contributed by atoms with Crippen LogP contribution in [0.5, 0.6) is 5.75 Å². The van der Waals surface area contributed by atoms with Crippen LogP contribution in [-0.2, 0) is 5.54 Å². The Morgan fingerprint density at radius 2 is 1.94 bits per heavy atom. The van der Waals surface area contributed by atoms with E-state index in [1.54, 1.807) is 6.20 Å². The van der Waals surface area contributed by atoms with Gasteiger partial charge in [-0.2, -0.15) is 0 Å². The van der Waals surface area contributed by atoms with E-state index in [0.29, 0.717) is 0 Å². The molecule has 1 aromatic rings. The third-order valence-corrected chi connectivity index (χ3v) is 3.41. The number of nitrogens with zero attached hydrogens (tertiary/aromatic N) is 1. The second-order valence-electron chi connectivity index (χ2n) is 5.29. The zero-order chi connectivity index (χ0) is 12.3. The molecule has 1 heterocycles. The van der Waals surface area contributed by atoms with Crippen molar-refractivity contribution in [1.29, 1.82) is 0 Å². The molecule has 0 aromatic carbocycles. The topological polar surface area (TPSA) is 48.1 Å². The van der Waals surface area contributed by atoms with E-state index in [2.05, 4.69) is 11.1 Å². The summed E-state index contributed by atoms with van der Waals surface area (Å²) >= 11 is 0. The molecule has 0 unspecified atom stereocenters. The second-order valence-corrected chi connectivity index (χ2v) is 5.29. The third-order valence-electron chi connectivity index (χ3n) is 3.41. The zero-order valence-electron chi connectivity index (χ0n) is 10.8. The van der Waals surface area contributed by atoms with E-state index in [1.165, 1.54) is 19.3 Å². The SMILES string of the molecule is CC(C)Oc1cncc(C2(N)CCCCC2)c1. The van der Waals surface area contributed by atoms with Crippen LogP contribution >= 0.6 is 0 Å². The highest BCUT2D eigenvalue weighted by Crippen LogP contribution is 2.35.